The number of hydrogen-bond donors (Lipinski definition) is 1. The number of nitrogens with one attached hydrogen (secondary N) is 1. The highest BCUT2D eigenvalue weighted by molar-refractivity contribution is 6.22. The molecule has 4 nitrogen and oxygen atoms in total. The van der Waals surface area contributed by atoms with Crippen molar-refractivity contribution in [3.8, 4) is 0 Å². The Hall–Kier alpha value is -1.16. The Morgan fingerprint density at radius 3 is 2.58 bits per heavy atom. The van der Waals surface area contributed by atoms with Crippen LogP contribution in [0.4, 0.5) is 0 Å². The molecule has 0 aromatic heterocycles. The van der Waals surface area contributed by atoms with Crippen molar-refractivity contribution in [3.63, 3.8) is 0 Å². The standard InChI is InChI=1S/C15H25NO3/c1-5-12(16-19-6-2)14-13(17)8-7-11(15(14)18)9-10(3)4/h10-11,16H,5-9H2,1-4H3/b14-12-. The zero-order valence-corrected chi connectivity index (χ0v) is 12.4. The van der Waals surface area contributed by atoms with Gasteiger partial charge >= 0.3 is 0 Å². The molecule has 0 aromatic carbocycles. The van der Waals surface area contributed by atoms with Crippen molar-refractivity contribution >= 4 is 11.6 Å². The maximum Gasteiger partial charge on any atom is 0.171 e. The maximum absolute atomic E-state index is 12.5. The normalized spacial score (nSPS) is 22.9. The van der Waals surface area contributed by atoms with E-state index >= 15 is 0 Å². The van der Waals surface area contributed by atoms with Gasteiger partial charge in [0.1, 0.15) is 0 Å². The molecule has 1 unspecified atom stereocenters. The van der Waals surface area contributed by atoms with Crippen LogP contribution in [-0.4, -0.2) is 18.2 Å². The van der Waals surface area contributed by atoms with Crippen LogP contribution in [0.1, 0.15) is 53.4 Å². The first-order chi connectivity index (χ1) is 9.01. The Kier molecular flexibility index (Phi) is 6.22. The predicted molar refractivity (Wildman–Crippen MR) is 74.3 cm³/mol. The molecule has 1 aliphatic rings. The Labute approximate surface area is 115 Å². The summed E-state index contributed by atoms with van der Waals surface area (Å²) in [6, 6.07) is 0. The highest BCUT2D eigenvalue weighted by Gasteiger charge is 2.34. The summed E-state index contributed by atoms with van der Waals surface area (Å²) < 4.78 is 0. The van der Waals surface area contributed by atoms with Crippen molar-refractivity contribution in [1.29, 1.82) is 0 Å². The Morgan fingerprint density at radius 1 is 1.37 bits per heavy atom. The van der Waals surface area contributed by atoms with Gasteiger partial charge in [-0.15, -0.1) is 0 Å². The van der Waals surface area contributed by atoms with Crippen LogP contribution in [0.25, 0.3) is 0 Å². The van der Waals surface area contributed by atoms with Gasteiger partial charge in [0.15, 0.2) is 11.6 Å². The summed E-state index contributed by atoms with van der Waals surface area (Å²) in [5.41, 5.74) is 3.73. The smallest absolute Gasteiger partial charge is 0.171 e. The number of ketones is 2. The number of Topliss-reactive ketones (excluding diaryl/α,β-unsaturated/α-hetero) is 2. The molecule has 0 aliphatic heterocycles. The van der Waals surface area contributed by atoms with Crippen LogP contribution in [-0.2, 0) is 14.4 Å². The molecule has 1 N–H and O–H groups in total. The highest BCUT2D eigenvalue weighted by atomic mass is 16.6. The molecule has 1 saturated carbocycles. The number of hydrogen-bond acceptors (Lipinski definition) is 4. The van der Waals surface area contributed by atoms with Gasteiger partial charge in [0.05, 0.1) is 17.9 Å². The van der Waals surface area contributed by atoms with Crippen LogP contribution in [0, 0.1) is 11.8 Å². The molecule has 108 valence electrons. The summed E-state index contributed by atoms with van der Waals surface area (Å²) in [4.78, 5) is 29.6. The first-order valence-corrected chi connectivity index (χ1v) is 7.19. The summed E-state index contributed by atoms with van der Waals surface area (Å²) >= 11 is 0. The van der Waals surface area contributed by atoms with E-state index in [0.29, 0.717) is 43.1 Å². The van der Waals surface area contributed by atoms with Crippen molar-refractivity contribution in [3.05, 3.63) is 11.3 Å². The lowest BCUT2D eigenvalue weighted by Crippen LogP contribution is -2.32. The Bertz CT molecular complexity index is 372. The predicted octanol–water partition coefficient (Wildman–Crippen LogP) is 2.79. The summed E-state index contributed by atoms with van der Waals surface area (Å²) in [5, 5.41) is 0. The summed E-state index contributed by atoms with van der Waals surface area (Å²) in [6.45, 7) is 8.48. The number of allylic oxidation sites excluding steroid dienone is 2. The molecule has 1 atom stereocenters. The van der Waals surface area contributed by atoms with Gasteiger partial charge in [-0.05, 0) is 32.1 Å². The second-order valence-corrected chi connectivity index (χ2v) is 5.39. The van der Waals surface area contributed by atoms with Gasteiger partial charge in [-0.1, -0.05) is 20.8 Å². The zero-order chi connectivity index (χ0) is 14.4. The van der Waals surface area contributed by atoms with E-state index in [1.165, 1.54) is 0 Å². The molecule has 0 bridgehead atoms. The fourth-order valence-corrected chi connectivity index (χ4v) is 2.47. The third kappa shape index (κ3) is 4.16. The van der Waals surface area contributed by atoms with Crippen molar-refractivity contribution in [1.82, 2.24) is 5.48 Å². The monoisotopic (exact) mass is 267 g/mol. The van der Waals surface area contributed by atoms with Gasteiger partial charge in [-0.2, -0.15) is 0 Å². The fourth-order valence-electron chi connectivity index (χ4n) is 2.47. The first kappa shape index (κ1) is 15.9. The highest BCUT2D eigenvalue weighted by Crippen LogP contribution is 2.29. The molecule has 0 heterocycles. The number of rotatable bonds is 6. The van der Waals surface area contributed by atoms with Crippen LogP contribution < -0.4 is 5.48 Å². The Morgan fingerprint density at radius 2 is 2.05 bits per heavy atom. The minimum Gasteiger partial charge on any atom is -0.294 e. The Balaban J connectivity index is 2.96. The van der Waals surface area contributed by atoms with E-state index in [2.05, 4.69) is 19.3 Å². The first-order valence-electron chi connectivity index (χ1n) is 7.19. The van der Waals surface area contributed by atoms with Gasteiger partial charge in [0, 0.05) is 12.3 Å². The molecule has 0 saturated heterocycles. The second kappa shape index (κ2) is 7.43. The van der Waals surface area contributed by atoms with E-state index < -0.39 is 0 Å². The van der Waals surface area contributed by atoms with Crippen LogP contribution in [0.15, 0.2) is 11.3 Å². The zero-order valence-electron chi connectivity index (χ0n) is 12.4. The lowest BCUT2D eigenvalue weighted by molar-refractivity contribution is -0.127. The molecule has 4 heteroatoms. The fraction of sp³-hybridized carbons (Fsp3) is 0.733. The molecule has 0 radical (unpaired) electrons. The van der Waals surface area contributed by atoms with E-state index in [4.69, 9.17) is 4.84 Å². The molecule has 0 spiro atoms. The summed E-state index contributed by atoms with van der Waals surface area (Å²) in [5.74, 6) is 0.397. The average Bonchev–Trinajstić information content (AvgIpc) is 2.36. The summed E-state index contributed by atoms with van der Waals surface area (Å²) in [6.07, 6.45) is 2.60. The lowest BCUT2D eigenvalue weighted by Gasteiger charge is -2.25. The van der Waals surface area contributed by atoms with Gasteiger partial charge < -0.3 is 0 Å². The molecular formula is C15H25NO3. The maximum atomic E-state index is 12.5. The van der Waals surface area contributed by atoms with E-state index in [-0.39, 0.29) is 17.5 Å². The number of hydroxylamine groups is 1. The molecule has 0 aromatic rings. The van der Waals surface area contributed by atoms with E-state index in [9.17, 15) is 9.59 Å². The van der Waals surface area contributed by atoms with Crippen LogP contribution in [0.5, 0.6) is 0 Å². The van der Waals surface area contributed by atoms with Crippen LogP contribution in [0.3, 0.4) is 0 Å². The largest absolute Gasteiger partial charge is 0.294 e. The minimum atomic E-state index is -0.0472. The summed E-state index contributed by atoms with van der Waals surface area (Å²) in [7, 11) is 0. The van der Waals surface area contributed by atoms with Crippen LogP contribution >= 0.6 is 0 Å². The molecule has 19 heavy (non-hydrogen) atoms. The van der Waals surface area contributed by atoms with E-state index in [0.717, 1.165) is 6.42 Å². The molecule has 1 aliphatic carbocycles. The third-order valence-electron chi connectivity index (χ3n) is 3.37. The number of carbonyl (C=O) groups excluding carboxylic acids is 2. The van der Waals surface area contributed by atoms with Crippen molar-refractivity contribution in [2.45, 2.75) is 53.4 Å². The van der Waals surface area contributed by atoms with Gasteiger partial charge in [-0.25, -0.2) is 0 Å². The van der Waals surface area contributed by atoms with Gasteiger partial charge in [-0.3, -0.25) is 19.9 Å². The van der Waals surface area contributed by atoms with Gasteiger partial charge in [0.25, 0.3) is 0 Å². The van der Waals surface area contributed by atoms with Crippen molar-refractivity contribution in [2.24, 2.45) is 11.8 Å². The third-order valence-corrected chi connectivity index (χ3v) is 3.37. The van der Waals surface area contributed by atoms with Gasteiger partial charge in [0.2, 0.25) is 0 Å². The lowest BCUT2D eigenvalue weighted by atomic mass is 9.78. The molecule has 0 amide bonds. The van der Waals surface area contributed by atoms with Crippen molar-refractivity contribution < 1.29 is 14.4 Å². The van der Waals surface area contributed by atoms with E-state index in [1.54, 1.807) is 0 Å². The molecule has 1 fully saturated rings. The van der Waals surface area contributed by atoms with Crippen LogP contribution in [0.2, 0.25) is 0 Å². The van der Waals surface area contributed by atoms with Crippen molar-refractivity contribution in [2.75, 3.05) is 6.61 Å². The molecule has 1 rings (SSSR count). The average molecular weight is 267 g/mol. The quantitative estimate of drug-likeness (QED) is 0.457. The van der Waals surface area contributed by atoms with E-state index in [1.807, 2.05) is 13.8 Å². The molecular weight excluding hydrogens is 242 g/mol. The topological polar surface area (TPSA) is 55.4 Å². The number of carbonyl (C=O) groups is 2. The second-order valence-electron chi connectivity index (χ2n) is 5.39. The minimum absolute atomic E-state index is 0.00555. The SMILES string of the molecule is CCON/C(CC)=C1/C(=O)CCC(CC(C)C)C1=O.